The van der Waals surface area contributed by atoms with Crippen LogP contribution in [0.4, 0.5) is 0 Å². The van der Waals surface area contributed by atoms with Crippen molar-refractivity contribution in [3.8, 4) is 0 Å². The van der Waals surface area contributed by atoms with Gasteiger partial charge in [-0.15, -0.1) is 0 Å². The molecule has 3 heteroatoms. The Labute approximate surface area is 204 Å². The van der Waals surface area contributed by atoms with E-state index in [0.29, 0.717) is 0 Å². The highest BCUT2D eigenvalue weighted by Gasteiger charge is 2.55. The summed E-state index contributed by atoms with van der Waals surface area (Å²) in [6.45, 7) is 10.8. The van der Waals surface area contributed by atoms with Gasteiger partial charge in [0.15, 0.2) is 0 Å². The summed E-state index contributed by atoms with van der Waals surface area (Å²) in [6, 6.07) is 32.2. The van der Waals surface area contributed by atoms with Crippen molar-refractivity contribution < 1.29 is 9.31 Å². The molecule has 1 heterocycles. The van der Waals surface area contributed by atoms with Crippen LogP contribution in [0, 0.1) is 0 Å². The molecule has 3 aromatic rings. The molecule has 0 aromatic heterocycles. The summed E-state index contributed by atoms with van der Waals surface area (Å²) in [6.07, 6.45) is 4.74. The zero-order chi connectivity index (χ0) is 24.0. The molecule has 2 aliphatic rings. The lowest BCUT2D eigenvalue weighted by atomic mass is 9.54. The van der Waals surface area contributed by atoms with Crippen molar-refractivity contribution in [1.29, 1.82) is 0 Å². The van der Waals surface area contributed by atoms with Crippen LogP contribution in [0.2, 0.25) is 0 Å². The third-order valence-corrected chi connectivity index (χ3v) is 7.87. The van der Waals surface area contributed by atoms with Gasteiger partial charge in [-0.3, -0.25) is 0 Å². The second kappa shape index (κ2) is 8.41. The quantitative estimate of drug-likeness (QED) is 0.388. The van der Waals surface area contributed by atoms with E-state index in [4.69, 9.17) is 9.31 Å². The van der Waals surface area contributed by atoms with E-state index in [0.717, 1.165) is 5.47 Å². The lowest BCUT2D eigenvalue weighted by Crippen LogP contribution is -2.41. The Kier molecular flexibility index (Phi) is 5.66. The maximum atomic E-state index is 6.65. The average Bonchev–Trinajstić information content (AvgIpc) is 3.07. The van der Waals surface area contributed by atoms with E-state index < -0.39 is 18.3 Å². The highest BCUT2D eigenvalue weighted by molar-refractivity contribution is 6.55. The van der Waals surface area contributed by atoms with Crippen LogP contribution in [0.15, 0.2) is 109 Å². The van der Waals surface area contributed by atoms with Gasteiger partial charge in [-0.2, -0.15) is 0 Å². The largest absolute Gasteiger partial charge is 0.491 e. The van der Waals surface area contributed by atoms with E-state index >= 15 is 0 Å². The molecule has 0 N–H and O–H groups in total. The van der Waals surface area contributed by atoms with Gasteiger partial charge in [-0.05, 0) is 55.4 Å². The first-order valence-corrected chi connectivity index (χ1v) is 12.2. The van der Waals surface area contributed by atoms with Crippen molar-refractivity contribution >= 4 is 12.7 Å². The molecule has 0 bridgehead atoms. The molecule has 172 valence electrons. The number of rotatable bonds is 4. The molecule has 1 fully saturated rings. The SMILES string of the molecule is CC1(c2ccccc2)C=C(c2ccccc2)C=C(B2OC(C)(C)C(C)(C)O2)C1c1ccccc1. The summed E-state index contributed by atoms with van der Waals surface area (Å²) in [5, 5.41) is 0. The highest BCUT2D eigenvalue weighted by Crippen LogP contribution is 2.52. The maximum absolute atomic E-state index is 6.65. The van der Waals surface area contributed by atoms with Crippen molar-refractivity contribution in [2.75, 3.05) is 0 Å². The molecule has 2 atom stereocenters. The van der Waals surface area contributed by atoms with E-state index in [1.807, 2.05) is 0 Å². The minimum absolute atomic E-state index is 0.0678. The predicted molar refractivity (Wildman–Crippen MR) is 142 cm³/mol. The Morgan fingerprint density at radius 1 is 0.647 bits per heavy atom. The minimum atomic E-state index is -0.425. The first-order chi connectivity index (χ1) is 16.2. The predicted octanol–water partition coefficient (Wildman–Crippen LogP) is 7.38. The molecule has 2 unspecified atom stereocenters. The Bertz CT molecular complexity index is 1200. The summed E-state index contributed by atoms with van der Waals surface area (Å²) >= 11 is 0. The van der Waals surface area contributed by atoms with Crippen molar-refractivity contribution in [3.05, 3.63) is 125 Å². The Hall–Kier alpha value is -2.88. The van der Waals surface area contributed by atoms with Gasteiger partial charge in [-0.25, -0.2) is 0 Å². The summed E-state index contributed by atoms with van der Waals surface area (Å²) in [4.78, 5) is 0. The standard InChI is InChI=1S/C31H33BO2/c1-29(2)30(3,4)34-32(33-29)27-21-25(23-15-9-6-10-16-23)22-31(5,26-19-13-8-14-20-26)28(27)24-17-11-7-12-18-24/h6-22,28H,1-5H3. The van der Waals surface area contributed by atoms with Gasteiger partial charge in [0.2, 0.25) is 0 Å². The fourth-order valence-electron chi connectivity index (χ4n) is 5.27. The summed E-state index contributed by atoms with van der Waals surface area (Å²) < 4.78 is 13.3. The fraction of sp³-hybridized carbons (Fsp3) is 0.290. The summed E-state index contributed by atoms with van der Waals surface area (Å²) in [5.74, 6) is 0.0678. The van der Waals surface area contributed by atoms with Crippen LogP contribution in [0.25, 0.3) is 5.57 Å². The molecule has 34 heavy (non-hydrogen) atoms. The maximum Gasteiger partial charge on any atom is 0.491 e. The average molecular weight is 448 g/mol. The Balaban J connectivity index is 1.74. The van der Waals surface area contributed by atoms with Crippen LogP contribution in [0.5, 0.6) is 0 Å². The lowest BCUT2D eigenvalue weighted by molar-refractivity contribution is 0.00578. The summed E-state index contributed by atoms with van der Waals surface area (Å²) in [7, 11) is -0.425. The van der Waals surface area contributed by atoms with Crippen LogP contribution < -0.4 is 0 Å². The van der Waals surface area contributed by atoms with Crippen LogP contribution in [0.3, 0.4) is 0 Å². The van der Waals surface area contributed by atoms with Gasteiger partial charge in [0.05, 0.1) is 11.2 Å². The number of hydrogen-bond acceptors (Lipinski definition) is 2. The smallest absolute Gasteiger partial charge is 0.400 e. The topological polar surface area (TPSA) is 18.5 Å². The molecule has 0 amide bonds. The molecule has 1 aliphatic heterocycles. The molecule has 0 spiro atoms. The highest BCUT2D eigenvalue weighted by atomic mass is 16.7. The molecule has 1 saturated heterocycles. The van der Waals surface area contributed by atoms with Gasteiger partial charge >= 0.3 is 7.12 Å². The van der Waals surface area contributed by atoms with Crippen molar-refractivity contribution in [2.24, 2.45) is 0 Å². The van der Waals surface area contributed by atoms with Crippen molar-refractivity contribution in [3.63, 3.8) is 0 Å². The second-order valence-corrected chi connectivity index (χ2v) is 10.7. The van der Waals surface area contributed by atoms with Gasteiger partial charge in [-0.1, -0.05) is 110 Å². The third-order valence-electron chi connectivity index (χ3n) is 7.87. The monoisotopic (exact) mass is 448 g/mol. The second-order valence-electron chi connectivity index (χ2n) is 10.7. The summed E-state index contributed by atoms with van der Waals surface area (Å²) in [5.41, 5.74) is 5.00. The van der Waals surface area contributed by atoms with E-state index in [1.165, 1.54) is 22.3 Å². The van der Waals surface area contributed by atoms with Crippen molar-refractivity contribution in [1.82, 2.24) is 0 Å². The van der Waals surface area contributed by atoms with E-state index in [2.05, 4.69) is 138 Å². The molecule has 0 saturated carbocycles. The Morgan fingerprint density at radius 2 is 1.15 bits per heavy atom. The fourth-order valence-corrected chi connectivity index (χ4v) is 5.27. The van der Waals surface area contributed by atoms with Crippen LogP contribution >= 0.6 is 0 Å². The van der Waals surface area contributed by atoms with Crippen LogP contribution in [-0.4, -0.2) is 18.3 Å². The zero-order valence-electron chi connectivity index (χ0n) is 20.8. The normalized spacial score (nSPS) is 25.6. The van der Waals surface area contributed by atoms with Crippen LogP contribution in [0.1, 0.15) is 57.2 Å². The van der Waals surface area contributed by atoms with Gasteiger partial charge < -0.3 is 9.31 Å². The molecule has 1 aliphatic carbocycles. The number of benzene rings is 3. The molecule has 3 aromatic carbocycles. The van der Waals surface area contributed by atoms with Crippen molar-refractivity contribution in [2.45, 2.75) is 57.2 Å². The minimum Gasteiger partial charge on any atom is -0.400 e. The molecule has 2 nitrogen and oxygen atoms in total. The first-order valence-electron chi connectivity index (χ1n) is 12.2. The third kappa shape index (κ3) is 3.87. The van der Waals surface area contributed by atoms with Gasteiger partial charge in [0.25, 0.3) is 0 Å². The molecular weight excluding hydrogens is 415 g/mol. The van der Waals surface area contributed by atoms with E-state index in [-0.39, 0.29) is 11.3 Å². The molecule has 0 radical (unpaired) electrons. The van der Waals surface area contributed by atoms with E-state index in [1.54, 1.807) is 0 Å². The Morgan fingerprint density at radius 3 is 1.71 bits per heavy atom. The van der Waals surface area contributed by atoms with Gasteiger partial charge in [0, 0.05) is 11.3 Å². The van der Waals surface area contributed by atoms with Gasteiger partial charge in [0.1, 0.15) is 0 Å². The number of hydrogen-bond donors (Lipinski definition) is 0. The molecule has 5 rings (SSSR count). The number of allylic oxidation sites excluding steroid dienone is 4. The lowest BCUT2D eigenvalue weighted by Gasteiger charge is -2.42. The van der Waals surface area contributed by atoms with Crippen LogP contribution in [-0.2, 0) is 14.7 Å². The molecular formula is C31H33BO2. The first kappa shape index (κ1) is 22.9. The zero-order valence-corrected chi connectivity index (χ0v) is 20.8. The van der Waals surface area contributed by atoms with E-state index in [9.17, 15) is 0 Å².